The number of rotatable bonds is 5. The molecule has 3 rings (SSSR count). The molecule has 2 heterocycles. The molecular formula is C19H24N2O5. The van der Waals surface area contributed by atoms with E-state index in [-0.39, 0.29) is 47.9 Å². The number of ether oxygens (including phenoxy) is 1. The second-order valence-electron chi connectivity index (χ2n) is 7.03. The highest BCUT2D eigenvalue weighted by atomic mass is 16.5. The molecule has 1 aromatic heterocycles. The van der Waals surface area contributed by atoms with Crippen molar-refractivity contribution in [2.24, 2.45) is 11.8 Å². The summed E-state index contributed by atoms with van der Waals surface area (Å²) >= 11 is 0. The number of nitrogens with zero attached hydrogens (tertiary/aromatic N) is 1. The van der Waals surface area contributed by atoms with E-state index in [9.17, 15) is 19.2 Å². The van der Waals surface area contributed by atoms with Gasteiger partial charge >= 0.3 is 5.97 Å². The summed E-state index contributed by atoms with van der Waals surface area (Å²) in [6.45, 7) is 4.95. The maximum atomic E-state index is 12.9. The number of aryl methyl sites for hydroxylation is 2. The molecule has 1 saturated carbocycles. The summed E-state index contributed by atoms with van der Waals surface area (Å²) in [5.41, 5.74) is 1.46. The lowest BCUT2D eigenvalue weighted by Gasteiger charge is -2.19. The van der Waals surface area contributed by atoms with Gasteiger partial charge in [0, 0.05) is 11.4 Å². The van der Waals surface area contributed by atoms with Gasteiger partial charge in [-0.3, -0.25) is 19.3 Å². The lowest BCUT2D eigenvalue weighted by molar-refractivity contribution is -0.139. The number of esters is 1. The third-order valence-electron chi connectivity index (χ3n) is 5.37. The summed E-state index contributed by atoms with van der Waals surface area (Å²) in [4.78, 5) is 54.4. The van der Waals surface area contributed by atoms with Crippen LogP contribution in [0.2, 0.25) is 0 Å². The van der Waals surface area contributed by atoms with Gasteiger partial charge in [-0.2, -0.15) is 0 Å². The van der Waals surface area contributed by atoms with Gasteiger partial charge in [0.15, 0.2) is 5.78 Å². The van der Waals surface area contributed by atoms with Crippen LogP contribution in [0.5, 0.6) is 0 Å². The summed E-state index contributed by atoms with van der Waals surface area (Å²) in [6.07, 6.45) is 3.28. The number of hydrogen-bond acceptors (Lipinski definition) is 5. The lowest BCUT2D eigenvalue weighted by Crippen LogP contribution is -2.36. The molecule has 0 radical (unpaired) electrons. The van der Waals surface area contributed by atoms with Crippen molar-refractivity contribution in [3.05, 3.63) is 22.5 Å². The van der Waals surface area contributed by atoms with E-state index in [2.05, 4.69) is 4.98 Å². The summed E-state index contributed by atoms with van der Waals surface area (Å²) in [5.74, 6) is -2.09. The second kappa shape index (κ2) is 7.05. The molecule has 1 aliphatic heterocycles. The van der Waals surface area contributed by atoms with E-state index in [1.807, 2.05) is 0 Å². The Hall–Kier alpha value is -2.44. The smallest absolute Gasteiger partial charge is 0.340 e. The van der Waals surface area contributed by atoms with Crippen LogP contribution in [0.1, 0.15) is 64.7 Å². The van der Waals surface area contributed by atoms with Crippen LogP contribution in [0.25, 0.3) is 0 Å². The number of hydrogen-bond donors (Lipinski definition) is 1. The highest BCUT2D eigenvalue weighted by Crippen LogP contribution is 2.38. The highest BCUT2D eigenvalue weighted by Gasteiger charge is 2.48. The highest BCUT2D eigenvalue weighted by molar-refractivity contribution is 6.13. The average Bonchev–Trinajstić information content (AvgIpc) is 3.04. The van der Waals surface area contributed by atoms with Gasteiger partial charge in [0.25, 0.3) is 0 Å². The van der Waals surface area contributed by atoms with E-state index in [1.54, 1.807) is 20.8 Å². The van der Waals surface area contributed by atoms with Crippen molar-refractivity contribution >= 4 is 23.6 Å². The molecule has 2 atom stereocenters. The van der Waals surface area contributed by atoms with E-state index in [0.717, 1.165) is 17.7 Å². The predicted molar refractivity (Wildman–Crippen MR) is 92.7 cm³/mol. The van der Waals surface area contributed by atoms with E-state index in [4.69, 9.17) is 4.74 Å². The Morgan fingerprint density at radius 1 is 1.04 bits per heavy atom. The topological polar surface area (TPSA) is 96.5 Å². The van der Waals surface area contributed by atoms with Crippen molar-refractivity contribution in [2.75, 3.05) is 13.2 Å². The van der Waals surface area contributed by atoms with Gasteiger partial charge in [-0.05, 0) is 33.6 Å². The number of likely N-dealkylation sites (tertiary alicyclic amines) is 1. The molecule has 140 valence electrons. The predicted octanol–water partition coefficient (Wildman–Crippen LogP) is 2.17. The van der Waals surface area contributed by atoms with Crippen molar-refractivity contribution in [1.29, 1.82) is 0 Å². The summed E-state index contributed by atoms with van der Waals surface area (Å²) in [6, 6.07) is 0. The number of ketones is 1. The van der Waals surface area contributed by atoms with Gasteiger partial charge in [-0.1, -0.05) is 12.8 Å². The fourth-order valence-corrected chi connectivity index (χ4v) is 4.20. The molecule has 1 aromatic rings. The Kier molecular flexibility index (Phi) is 4.98. The number of imide groups is 1. The number of H-pyrrole nitrogens is 1. The number of nitrogens with one attached hydrogen (secondary N) is 1. The summed E-state index contributed by atoms with van der Waals surface area (Å²) < 4.78 is 5.04. The maximum Gasteiger partial charge on any atom is 0.340 e. The van der Waals surface area contributed by atoms with Crippen LogP contribution in [-0.4, -0.2) is 46.6 Å². The largest absolute Gasteiger partial charge is 0.462 e. The zero-order valence-corrected chi connectivity index (χ0v) is 15.4. The fraction of sp³-hybridized carbons (Fsp3) is 0.579. The average molecular weight is 360 g/mol. The summed E-state index contributed by atoms with van der Waals surface area (Å²) in [7, 11) is 0. The van der Waals surface area contributed by atoms with E-state index < -0.39 is 11.8 Å². The number of aromatic nitrogens is 1. The molecule has 2 amide bonds. The van der Waals surface area contributed by atoms with Gasteiger partial charge in [0.05, 0.1) is 36.1 Å². The molecule has 0 unspecified atom stereocenters. The van der Waals surface area contributed by atoms with Crippen LogP contribution >= 0.6 is 0 Å². The van der Waals surface area contributed by atoms with Gasteiger partial charge in [0.2, 0.25) is 11.8 Å². The number of fused-ring (bicyclic) bond motifs is 1. The quantitative estimate of drug-likeness (QED) is 0.493. The first-order valence-electron chi connectivity index (χ1n) is 9.11. The van der Waals surface area contributed by atoms with Crippen LogP contribution in [0.3, 0.4) is 0 Å². The van der Waals surface area contributed by atoms with Crippen LogP contribution in [0.4, 0.5) is 0 Å². The van der Waals surface area contributed by atoms with Gasteiger partial charge in [-0.15, -0.1) is 0 Å². The molecule has 1 saturated heterocycles. The minimum atomic E-state index is -0.578. The molecule has 7 nitrogen and oxygen atoms in total. The molecule has 7 heteroatoms. The normalized spacial score (nSPS) is 22.5. The van der Waals surface area contributed by atoms with Gasteiger partial charge < -0.3 is 9.72 Å². The van der Waals surface area contributed by atoms with E-state index in [1.165, 1.54) is 0 Å². The molecule has 26 heavy (non-hydrogen) atoms. The molecule has 1 aliphatic carbocycles. The molecule has 0 spiro atoms. The summed E-state index contributed by atoms with van der Waals surface area (Å²) in [5, 5.41) is 0. The van der Waals surface area contributed by atoms with Gasteiger partial charge in [-0.25, -0.2) is 4.79 Å². The molecule has 0 bridgehead atoms. The standard InChI is InChI=1S/C19H24N2O5/c1-4-26-19(25)16-11(3)20-10(2)15(16)14(22)9-21-17(23)12-7-5-6-8-13(12)18(21)24/h12-13,20H,4-9H2,1-3H3/t12-,13-/m1/s1. The van der Waals surface area contributed by atoms with E-state index in [0.29, 0.717) is 24.2 Å². The van der Waals surface area contributed by atoms with Crippen molar-refractivity contribution in [3.63, 3.8) is 0 Å². The fourth-order valence-electron chi connectivity index (χ4n) is 4.20. The van der Waals surface area contributed by atoms with Crippen molar-refractivity contribution < 1.29 is 23.9 Å². The SMILES string of the molecule is CCOC(=O)c1c(C)[nH]c(C)c1C(=O)CN1C(=O)[C@@H]2CCCC[C@H]2C1=O. The van der Waals surface area contributed by atoms with Crippen LogP contribution in [0.15, 0.2) is 0 Å². The van der Waals surface area contributed by atoms with Crippen LogP contribution < -0.4 is 0 Å². The third kappa shape index (κ3) is 2.95. The van der Waals surface area contributed by atoms with E-state index >= 15 is 0 Å². The molecule has 2 aliphatic rings. The Labute approximate surface area is 152 Å². The zero-order chi connectivity index (χ0) is 19.0. The molecular weight excluding hydrogens is 336 g/mol. The number of aromatic amines is 1. The van der Waals surface area contributed by atoms with Crippen molar-refractivity contribution in [1.82, 2.24) is 9.88 Å². The first-order valence-corrected chi connectivity index (χ1v) is 9.11. The zero-order valence-electron chi connectivity index (χ0n) is 15.4. The molecule has 1 N–H and O–H groups in total. The third-order valence-corrected chi connectivity index (χ3v) is 5.37. The minimum absolute atomic E-state index is 0.186. The van der Waals surface area contributed by atoms with Crippen LogP contribution in [-0.2, 0) is 14.3 Å². The number of carbonyl (C=O) groups excluding carboxylic acids is 4. The molecule has 2 fully saturated rings. The number of carbonyl (C=O) groups is 4. The molecule has 0 aromatic carbocycles. The first kappa shape index (κ1) is 18.4. The Bertz CT molecular complexity index is 755. The first-order chi connectivity index (χ1) is 12.4. The van der Waals surface area contributed by atoms with Crippen molar-refractivity contribution in [2.45, 2.75) is 46.5 Å². The number of amides is 2. The second-order valence-corrected chi connectivity index (χ2v) is 7.03. The Balaban J connectivity index is 1.86. The van der Waals surface area contributed by atoms with Crippen LogP contribution in [0, 0.1) is 25.7 Å². The van der Waals surface area contributed by atoms with Crippen molar-refractivity contribution in [3.8, 4) is 0 Å². The maximum absolute atomic E-state index is 12.9. The van der Waals surface area contributed by atoms with Gasteiger partial charge in [0.1, 0.15) is 0 Å². The number of Topliss-reactive ketones (excluding diaryl/α,β-unsaturated/α-hetero) is 1. The minimum Gasteiger partial charge on any atom is -0.462 e. The monoisotopic (exact) mass is 360 g/mol. The lowest BCUT2D eigenvalue weighted by atomic mass is 9.81. The Morgan fingerprint density at radius 3 is 2.12 bits per heavy atom. The Morgan fingerprint density at radius 2 is 1.58 bits per heavy atom.